The summed E-state index contributed by atoms with van der Waals surface area (Å²) in [5, 5.41) is 30.1. The lowest BCUT2D eigenvalue weighted by atomic mass is 9.94. The number of nitriles is 1. The maximum absolute atomic E-state index is 13.5. The van der Waals surface area contributed by atoms with Gasteiger partial charge in [0.1, 0.15) is 23.5 Å². The Morgan fingerprint density at radius 2 is 2.03 bits per heavy atom. The highest BCUT2D eigenvalue weighted by molar-refractivity contribution is 6.06. The van der Waals surface area contributed by atoms with E-state index in [1.54, 1.807) is 23.7 Å². The Hall–Kier alpha value is -4.25. The van der Waals surface area contributed by atoms with Crippen LogP contribution in [0, 0.1) is 25.2 Å². The second-order valence-corrected chi connectivity index (χ2v) is 7.73. The molecule has 1 atom stereocenters. The molecule has 0 saturated carbocycles. The van der Waals surface area contributed by atoms with Crippen LogP contribution in [-0.2, 0) is 4.79 Å². The number of carbonyl (C=O) groups is 1. The molecule has 0 spiro atoms. The van der Waals surface area contributed by atoms with Crippen LogP contribution in [0.5, 0.6) is 11.5 Å². The lowest BCUT2D eigenvalue weighted by Crippen LogP contribution is -2.31. The molecule has 4 rings (SSSR count). The fraction of sp³-hybridized carbons (Fsp3) is 0.208. The van der Waals surface area contributed by atoms with E-state index in [2.05, 4.69) is 21.8 Å². The number of aromatic hydroxyl groups is 1. The maximum atomic E-state index is 13.5. The van der Waals surface area contributed by atoms with Gasteiger partial charge in [0.15, 0.2) is 11.5 Å². The summed E-state index contributed by atoms with van der Waals surface area (Å²) in [7, 11) is 1.46. The molecule has 8 heteroatoms. The van der Waals surface area contributed by atoms with Crippen LogP contribution in [0.15, 0.2) is 53.9 Å². The van der Waals surface area contributed by atoms with Crippen molar-refractivity contribution in [1.29, 1.82) is 5.26 Å². The van der Waals surface area contributed by atoms with Gasteiger partial charge in [-0.05, 0) is 50.1 Å². The van der Waals surface area contributed by atoms with Crippen LogP contribution in [0.2, 0.25) is 0 Å². The van der Waals surface area contributed by atoms with Crippen molar-refractivity contribution in [3.05, 3.63) is 76.1 Å². The molecule has 1 unspecified atom stereocenters. The van der Waals surface area contributed by atoms with Crippen molar-refractivity contribution in [2.75, 3.05) is 17.7 Å². The van der Waals surface area contributed by atoms with Gasteiger partial charge in [-0.25, -0.2) is 4.68 Å². The zero-order valence-corrected chi connectivity index (χ0v) is 18.2. The Bertz CT molecular complexity index is 1300. The Labute approximate surface area is 185 Å². The molecule has 162 valence electrons. The maximum Gasteiger partial charge on any atom is 0.255 e. The summed E-state index contributed by atoms with van der Waals surface area (Å²) in [6.07, 6.45) is 1.46. The van der Waals surface area contributed by atoms with Gasteiger partial charge < -0.3 is 20.5 Å². The second kappa shape index (κ2) is 8.12. The summed E-state index contributed by atoms with van der Waals surface area (Å²) in [5.74, 6) is 0.483. The highest BCUT2D eigenvalue weighted by Crippen LogP contribution is 2.40. The number of amides is 1. The van der Waals surface area contributed by atoms with Crippen LogP contribution >= 0.6 is 0 Å². The molecule has 0 radical (unpaired) electrons. The number of benzene rings is 2. The van der Waals surface area contributed by atoms with E-state index in [0.717, 1.165) is 11.1 Å². The molecular weight excluding hydrogens is 406 g/mol. The molecule has 3 N–H and O–H groups in total. The van der Waals surface area contributed by atoms with E-state index in [4.69, 9.17) is 4.74 Å². The SMILES string of the molecule is COc1cc(C2C(C(=O)Nc3ccc(C)cc3C)=C(C)Nc3c(C#N)cnn32)ccc1O. The first-order valence-electron chi connectivity index (χ1n) is 10.0. The predicted octanol–water partition coefficient (Wildman–Crippen LogP) is 4.01. The number of fused-ring (bicyclic) bond motifs is 1. The normalized spacial score (nSPS) is 14.9. The molecule has 2 aromatic carbocycles. The summed E-state index contributed by atoms with van der Waals surface area (Å²) in [6.45, 7) is 5.73. The summed E-state index contributed by atoms with van der Waals surface area (Å²) in [4.78, 5) is 13.5. The molecule has 1 aromatic heterocycles. The van der Waals surface area contributed by atoms with E-state index in [0.29, 0.717) is 33.9 Å². The van der Waals surface area contributed by atoms with Crippen molar-refractivity contribution < 1.29 is 14.6 Å². The molecule has 1 aliphatic heterocycles. The summed E-state index contributed by atoms with van der Waals surface area (Å²) in [5.41, 5.74) is 4.87. The molecule has 8 nitrogen and oxygen atoms in total. The zero-order valence-electron chi connectivity index (χ0n) is 18.2. The number of aromatic nitrogens is 2. The van der Waals surface area contributed by atoms with Crippen LogP contribution in [0.4, 0.5) is 11.5 Å². The lowest BCUT2D eigenvalue weighted by Gasteiger charge is -2.30. The van der Waals surface area contributed by atoms with Crippen LogP contribution in [0.3, 0.4) is 0 Å². The summed E-state index contributed by atoms with van der Waals surface area (Å²) >= 11 is 0. The highest BCUT2D eigenvalue weighted by atomic mass is 16.5. The third-order valence-corrected chi connectivity index (χ3v) is 5.54. The third kappa shape index (κ3) is 3.54. The second-order valence-electron chi connectivity index (χ2n) is 7.73. The smallest absolute Gasteiger partial charge is 0.255 e. The Kier molecular flexibility index (Phi) is 5.33. The van der Waals surface area contributed by atoms with Crippen LogP contribution in [0.25, 0.3) is 0 Å². The topological polar surface area (TPSA) is 112 Å². The van der Waals surface area contributed by atoms with E-state index in [-0.39, 0.29) is 17.4 Å². The number of aryl methyl sites for hydroxylation is 2. The standard InChI is InChI=1S/C24H23N5O3/c1-13-5-7-18(14(2)9-13)28-24(31)21-15(3)27-23-17(11-25)12-26-29(23)22(21)16-6-8-19(30)20(10-16)32-4/h5-10,12,22,27,30H,1-4H3,(H,28,31). The number of rotatable bonds is 4. The molecular formula is C24H23N5O3. The third-order valence-electron chi connectivity index (χ3n) is 5.54. The van der Waals surface area contributed by atoms with Crippen molar-refractivity contribution in [2.24, 2.45) is 0 Å². The Morgan fingerprint density at radius 3 is 2.72 bits per heavy atom. The largest absolute Gasteiger partial charge is 0.504 e. The molecule has 0 fully saturated rings. The van der Waals surface area contributed by atoms with Gasteiger partial charge in [-0.2, -0.15) is 10.4 Å². The highest BCUT2D eigenvalue weighted by Gasteiger charge is 2.34. The first kappa shape index (κ1) is 21.0. The van der Waals surface area contributed by atoms with Gasteiger partial charge >= 0.3 is 0 Å². The quantitative estimate of drug-likeness (QED) is 0.578. The number of hydrogen-bond acceptors (Lipinski definition) is 6. The molecule has 0 aliphatic carbocycles. The minimum atomic E-state index is -0.631. The molecule has 0 bridgehead atoms. The van der Waals surface area contributed by atoms with Gasteiger partial charge in [0.2, 0.25) is 0 Å². The molecule has 1 amide bonds. The van der Waals surface area contributed by atoms with Crippen molar-refractivity contribution in [1.82, 2.24) is 9.78 Å². The number of phenolic OH excluding ortho intramolecular Hbond substituents is 1. The minimum absolute atomic E-state index is 0.00873. The van der Waals surface area contributed by atoms with E-state index in [1.807, 2.05) is 32.0 Å². The Balaban J connectivity index is 1.83. The number of nitrogens with one attached hydrogen (secondary N) is 2. The first-order chi connectivity index (χ1) is 15.3. The van der Waals surface area contributed by atoms with Gasteiger partial charge in [0.25, 0.3) is 5.91 Å². The van der Waals surface area contributed by atoms with Crippen LogP contribution in [0.1, 0.15) is 35.2 Å². The average Bonchev–Trinajstić information content (AvgIpc) is 3.17. The number of allylic oxidation sites excluding steroid dienone is 1. The van der Waals surface area contributed by atoms with Crippen LogP contribution in [-0.4, -0.2) is 27.9 Å². The number of anilines is 2. The van der Waals surface area contributed by atoms with Crippen molar-refractivity contribution >= 4 is 17.4 Å². The van der Waals surface area contributed by atoms with Crippen molar-refractivity contribution in [3.63, 3.8) is 0 Å². The molecule has 2 heterocycles. The van der Waals surface area contributed by atoms with E-state index in [9.17, 15) is 15.2 Å². The fourth-order valence-electron chi connectivity index (χ4n) is 3.95. The first-order valence-corrected chi connectivity index (χ1v) is 10.0. The zero-order chi connectivity index (χ0) is 23.0. The number of carbonyl (C=O) groups excluding carboxylic acids is 1. The summed E-state index contributed by atoms with van der Waals surface area (Å²) < 4.78 is 6.88. The monoisotopic (exact) mass is 429 g/mol. The van der Waals surface area contributed by atoms with Gasteiger partial charge in [-0.3, -0.25) is 4.79 Å². The van der Waals surface area contributed by atoms with Gasteiger partial charge in [-0.15, -0.1) is 0 Å². The number of methoxy groups -OCH3 is 1. The Morgan fingerprint density at radius 1 is 1.25 bits per heavy atom. The molecule has 3 aromatic rings. The number of hydrogen-bond donors (Lipinski definition) is 3. The number of phenols is 1. The van der Waals surface area contributed by atoms with E-state index >= 15 is 0 Å². The van der Waals surface area contributed by atoms with Gasteiger partial charge in [0.05, 0.1) is 18.9 Å². The fourth-order valence-corrected chi connectivity index (χ4v) is 3.95. The number of ether oxygens (including phenoxy) is 1. The minimum Gasteiger partial charge on any atom is -0.504 e. The van der Waals surface area contributed by atoms with E-state index < -0.39 is 6.04 Å². The summed E-state index contributed by atoms with van der Waals surface area (Å²) in [6, 6.07) is 12.2. The predicted molar refractivity (Wildman–Crippen MR) is 121 cm³/mol. The van der Waals surface area contributed by atoms with Gasteiger partial charge in [0, 0.05) is 11.4 Å². The lowest BCUT2D eigenvalue weighted by molar-refractivity contribution is -0.113. The van der Waals surface area contributed by atoms with Crippen molar-refractivity contribution in [3.8, 4) is 17.6 Å². The van der Waals surface area contributed by atoms with Gasteiger partial charge in [-0.1, -0.05) is 23.8 Å². The molecule has 32 heavy (non-hydrogen) atoms. The van der Waals surface area contributed by atoms with E-state index in [1.165, 1.54) is 19.4 Å². The number of nitrogens with zero attached hydrogens (tertiary/aromatic N) is 3. The molecule has 0 saturated heterocycles. The van der Waals surface area contributed by atoms with Crippen LogP contribution < -0.4 is 15.4 Å². The van der Waals surface area contributed by atoms with Crippen molar-refractivity contribution in [2.45, 2.75) is 26.8 Å². The molecule has 1 aliphatic rings. The average molecular weight is 429 g/mol.